The van der Waals surface area contributed by atoms with E-state index in [1.54, 1.807) is 24.3 Å². The fraction of sp³-hybridized carbons (Fsp3) is 0.350. The van der Waals surface area contributed by atoms with Crippen LogP contribution in [0.5, 0.6) is 5.75 Å². The molecule has 0 saturated carbocycles. The van der Waals surface area contributed by atoms with Gasteiger partial charge in [-0.1, -0.05) is 46.9 Å². The predicted octanol–water partition coefficient (Wildman–Crippen LogP) is 5.50. The molecule has 2 aromatic carbocycles. The van der Waals surface area contributed by atoms with E-state index in [4.69, 9.17) is 49.4 Å². The first-order valence-electron chi connectivity index (χ1n) is 8.85. The minimum Gasteiger partial charge on any atom is -0.489 e. The van der Waals surface area contributed by atoms with Crippen LogP contribution in [-0.2, 0) is 16.1 Å². The molecule has 5 nitrogen and oxygen atoms in total. The lowest BCUT2D eigenvalue weighted by atomic mass is 10.1. The number of carboxylic acid groups (broad SMARTS) is 1. The maximum Gasteiger partial charge on any atom is 0.304 e. The lowest BCUT2D eigenvalue weighted by molar-refractivity contribution is -0.137. The molecule has 0 aliphatic carbocycles. The first-order valence-corrected chi connectivity index (χ1v) is 9.98. The van der Waals surface area contributed by atoms with Crippen molar-refractivity contribution in [2.75, 3.05) is 26.2 Å². The number of carbonyl (C=O) groups is 1. The Balaban J connectivity index is 0.00000300. The van der Waals surface area contributed by atoms with E-state index in [-0.39, 0.29) is 31.5 Å². The van der Waals surface area contributed by atoms with Gasteiger partial charge in [0.05, 0.1) is 24.2 Å². The molecule has 0 amide bonds. The van der Waals surface area contributed by atoms with Crippen molar-refractivity contribution in [1.82, 2.24) is 4.90 Å². The molecular weight excluding hydrogens is 460 g/mol. The minimum absolute atomic E-state index is 0. The molecule has 1 N–H and O–H groups in total. The standard InChI is InChI=1S/C20H20Cl3NO4.ClH/c21-16-2-1-3-17(22)15(16)12-28-13-4-5-14(18(23)10-13)19-11-24(8-9-27-19)7-6-20(25)26;/h1-5,10,19H,6-9,11-12H2,(H,25,26);1H. The van der Waals surface area contributed by atoms with Crippen molar-refractivity contribution >= 4 is 53.2 Å². The number of halogens is 4. The Morgan fingerprint density at radius 2 is 1.90 bits per heavy atom. The highest BCUT2D eigenvalue weighted by Crippen LogP contribution is 2.32. The molecule has 29 heavy (non-hydrogen) atoms. The molecule has 1 aliphatic heterocycles. The smallest absolute Gasteiger partial charge is 0.304 e. The van der Waals surface area contributed by atoms with Crippen molar-refractivity contribution in [1.29, 1.82) is 0 Å². The topological polar surface area (TPSA) is 59.0 Å². The van der Waals surface area contributed by atoms with Crippen molar-refractivity contribution in [3.63, 3.8) is 0 Å². The van der Waals surface area contributed by atoms with Crippen LogP contribution in [0.4, 0.5) is 0 Å². The molecule has 1 saturated heterocycles. The summed E-state index contributed by atoms with van der Waals surface area (Å²) in [7, 11) is 0. The number of nitrogens with zero attached hydrogens (tertiary/aromatic N) is 1. The highest BCUT2D eigenvalue weighted by Gasteiger charge is 2.24. The van der Waals surface area contributed by atoms with Crippen LogP contribution in [0.2, 0.25) is 15.1 Å². The quantitative estimate of drug-likeness (QED) is 0.567. The van der Waals surface area contributed by atoms with Crippen molar-refractivity contribution in [3.05, 3.63) is 62.6 Å². The molecule has 1 aliphatic rings. The van der Waals surface area contributed by atoms with Crippen LogP contribution in [0.3, 0.4) is 0 Å². The van der Waals surface area contributed by atoms with Crippen LogP contribution in [0.1, 0.15) is 23.7 Å². The van der Waals surface area contributed by atoms with Gasteiger partial charge in [-0.15, -0.1) is 12.4 Å². The third-order valence-electron chi connectivity index (χ3n) is 4.56. The Kier molecular flexibility index (Phi) is 9.34. The van der Waals surface area contributed by atoms with Crippen LogP contribution < -0.4 is 4.74 Å². The zero-order chi connectivity index (χ0) is 20.1. The highest BCUT2D eigenvalue weighted by molar-refractivity contribution is 6.36. The third kappa shape index (κ3) is 6.64. The molecule has 1 heterocycles. The van der Waals surface area contributed by atoms with Gasteiger partial charge < -0.3 is 14.6 Å². The van der Waals surface area contributed by atoms with E-state index in [2.05, 4.69) is 4.90 Å². The van der Waals surface area contributed by atoms with Crippen LogP contribution in [0, 0.1) is 0 Å². The van der Waals surface area contributed by atoms with Gasteiger partial charge in [0.1, 0.15) is 12.4 Å². The van der Waals surface area contributed by atoms with Gasteiger partial charge >= 0.3 is 5.97 Å². The van der Waals surface area contributed by atoms with E-state index in [9.17, 15) is 4.79 Å². The summed E-state index contributed by atoms with van der Waals surface area (Å²) in [6.07, 6.45) is -0.0974. The second-order valence-corrected chi connectivity index (χ2v) is 7.70. The summed E-state index contributed by atoms with van der Waals surface area (Å²) in [5, 5.41) is 10.5. The molecule has 0 radical (unpaired) electrons. The summed E-state index contributed by atoms with van der Waals surface area (Å²) in [5.74, 6) is -0.204. The second-order valence-electron chi connectivity index (χ2n) is 6.48. The first-order chi connectivity index (χ1) is 13.4. The van der Waals surface area contributed by atoms with Gasteiger partial charge in [0.15, 0.2) is 0 Å². The van der Waals surface area contributed by atoms with Gasteiger partial charge in [0.25, 0.3) is 0 Å². The van der Waals surface area contributed by atoms with Gasteiger partial charge in [-0.25, -0.2) is 0 Å². The summed E-state index contributed by atoms with van der Waals surface area (Å²) in [6, 6.07) is 10.7. The third-order valence-corrected chi connectivity index (χ3v) is 5.59. The Morgan fingerprint density at radius 3 is 2.55 bits per heavy atom. The van der Waals surface area contributed by atoms with E-state index < -0.39 is 5.97 Å². The molecule has 2 aromatic rings. The number of carboxylic acids is 1. The molecule has 9 heteroatoms. The predicted molar refractivity (Wildman–Crippen MR) is 117 cm³/mol. The molecule has 0 aromatic heterocycles. The van der Waals surface area contributed by atoms with Gasteiger partial charge in [-0.3, -0.25) is 9.69 Å². The number of aliphatic carboxylic acids is 1. The van der Waals surface area contributed by atoms with E-state index in [0.717, 1.165) is 11.1 Å². The number of hydrogen-bond donors (Lipinski definition) is 1. The van der Waals surface area contributed by atoms with E-state index in [0.29, 0.717) is 47.1 Å². The molecule has 158 valence electrons. The highest BCUT2D eigenvalue weighted by atomic mass is 35.5. The fourth-order valence-corrected chi connectivity index (χ4v) is 3.83. The van der Waals surface area contributed by atoms with Gasteiger partial charge in [0.2, 0.25) is 0 Å². The Bertz CT molecular complexity index is 829. The molecule has 1 unspecified atom stereocenters. The van der Waals surface area contributed by atoms with E-state index in [1.807, 2.05) is 12.1 Å². The normalized spacial score (nSPS) is 16.9. The van der Waals surface area contributed by atoms with Gasteiger partial charge in [-0.2, -0.15) is 0 Å². The summed E-state index contributed by atoms with van der Waals surface area (Å²) < 4.78 is 11.6. The fourth-order valence-electron chi connectivity index (χ4n) is 3.03. The van der Waals surface area contributed by atoms with E-state index in [1.165, 1.54) is 0 Å². The SMILES string of the molecule is Cl.O=C(O)CCN1CCOC(c2ccc(OCc3c(Cl)cccc3Cl)cc2Cl)C1. The van der Waals surface area contributed by atoms with Crippen molar-refractivity contribution in [2.45, 2.75) is 19.1 Å². The maximum atomic E-state index is 10.8. The number of benzene rings is 2. The monoisotopic (exact) mass is 479 g/mol. The van der Waals surface area contributed by atoms with Gasteiger partial charge in [-0.05, 0) is 24.3 Å². The summed E-state index contributed by atoms with van der Waals surface area (Å²) in [4.78, 5) is 12.9. The number of rotatable bonds is 7. The first kappa shape index (κ1) is 24.1. The molecule has 1 atom stereocenters. The second kappa shape index (κ2) is 11.3. The average Bonchev–Trinajstić information content (AvgIpc) is 2.66. The molecule has 0 bridgehead atoms. The van der Waals surface area contributed by atoms with Crippen LogP contribution >= 0.6 is 47.2 Å². The van der Waals surface area contributed by atoms with Crippen LogP contribution in [0.15, 0.2) is 36.4 Å². The number of morpholine rings is 1. The van der Waals surface area contributed by atoms with Crippen LogP contribution in [-0.4, -0.2) is 42.2 Å². The lowest BCUT2D eigenvalue weighted by Gasteiger charge is -2.33. The minimum atomic E-state index is -0.804. The van der Waals surface area contributed by atoms with Crippen molar-refractivity contribution in [2.24, 2.45) is 0 Å². The number of ether oxygens (including phenoxy) is 2. The molecule has 0 spiro atoms. The Labute approximate surface area is 190 Å². The van der Waals surface area contributed by atoms with Crippen molar-refractivity contribution < 1.29 is 19.4 Å². The Morgan fingerprint density at radius 1 is 1.17 bits per heavy atom. The zero-order valence-corrected chi connectivity index (χ0v) is 18.5. The number of hydrogen-bond acceptors (Lipinski definition) is 4. The molecular formula is C20H21Cl4NO4. The Hall–Kier alpha value is -1.21. The van der Waals surface area contributed by atoms with Crippen LogP contribution in [0.25, 0.3) is 0 Å². The van der Waals surface area contributed by atoms with E-state index >= 15 is 0 Å². The summed E-state index contributed by atoms with van der Waals surface area (Å²) in [5.41, 5.74) is 1.57. The van der Waals surface area contributed by atoms with Crippen molar-refractivity contribution in [3.8, 4) is 5.75 Å². The summed E-state index contributed by atoms with van der Waals surface area (Å²) in [6.45, 7) is 2.57. The largest absolute Gasteiger partial charge is 0.489 e. The summed E-state index contributed by atoms with van der Waals surface area (Å²) >= 11 is 18.8. The molecule has 3 rings (SSSR count). The maximum absolute atomic E-state index is 10.8. The molecule has 1 fully saturated rings. The average molecular weight is 481 g/mol. The lowest BCUT2D eigenvalue weighted by Crippen LogP contribution is -2.39. The van der Waals surface area contributed by atoms with Gasteiger partial charge in [0, 0.05) is 40.8 Å². The zero-order valence-electron chi connectivity index (χ0n) is 15.4.